The zero-order valence-corrected chi connectivity index (χ0v) is 7.78. The van der Waals surface area contributed by atoms with Crippen molar-refractivity contribution in [3.05, 3.63) is 0 Å². The number of carboxylic acid groups (broad SMARTS) is 2. The minimum absolute atomic E-state index is 0.215. The van der Waals surface area contributed by atoms with Gasteiger partial charge in [-0.25, -0.2) is 0 Å². The molecule has 0 aromatic carbocycles. The van der Waals surface area contributed by atoms with E-state index in [9.17, 15) is 9.59 Å². The third kappa shape index (κ3) is 1.98. The second-order valence-corrected chi connectivity index (χ2v) is 2.98. The molecule has 1 atom stereocenters. The summed E-state index contributed by atoms with van der Waals surface area (Å²) in [6.07, 6.45) is 0.429. The lowest BCUT2D eigenvalue weighted by Crippen LogP contribution is -2.51. The third-order valence-electron chi connectivity index (χ3n) is 2.55. The highest BCUT2D eigenvalue weighted by Gasteiger charge is 2.44. The van der Waals surface area contributed by atoms with Crippen molar-refractivity contribution in [3.8, 4) is 0 Å². The van der Waals surface area contributed by atoms with Crippen LogP contribution in [0.3, 0.4) is 0 Å². The number of nitrogens with two attached hydrogens (primary N) is 1. The number of aliphatic carboxylic acids is 2. The van der Waals surface area contributed by atoms with Gasteiger partial charge in [-0.1, -0.05) is 13.8 Å². The van der Waals surface area contributed by atoms with Crippen molar-refractivity contribution in [3.63, 3.8) is 0 Å². The molecule has 5 heteroatoms. The van der Waals surface area contributed by atoms with Gasteiger partial charge >= 0.3 is 11.9 Å². The molecular weight excluding hydrogens is 174 g/mol. The van der Waals surface area contributed by atoms with E-state index in [1.807, 2.05) is 0 Å². The first-order valence-corrected chi connectivity index (χ1v) is 4.14. The topological polar surface area (TPSA) is 101 Å². The van der Waals surface area contributed by atoms with Crippen LogP contribution in [0.1, 0.15) is 26.7 Å². The van der Waals surface area contributed by atoms with Gasteiger partial charge in [-0.05, 0) is 12.8 Å². The van der Waals surface area contributed by atoms with Crippen LogP contribution in [0.15, 0.2) is 0 Å². The van der Waals surface area contributed by atoms with Crippen LogP contribution in [0.4, 0.5) is 0 Å². The SMILES string of the molecule is CCC(CC)(C(=O)O)C(N)C(=O)O. The van der Waals surface area contributed by atoms with Gasteiger partial charge in [-0.3, -0.25) is 9.59 Å². The molecule has 4 N–H and O–H groups in total. The average Bonchev–Trinajstić information content (AvgIpc) is 2.06. The van der Waals surface area contributed by atoms with Crippen molar-refractivity contribution in [1.29, 1.82) is 0 Å². The smallest absolute Gasteiger partial charge is 0.321 e. The molecule has 0 spiro atoms. The molecule has 0 aliphatic rings. The first-order valence-electron chi connectivity index (χ1n) is 4.14. The first kappa shape index (κ1) is 11.9. The molecule has 0 bridgehead atoms. The fourth-order valence-corrected chi connectivity index (χ4v) is 1.36. The summed E-state index contributed by atoms with van der Waals surface area (Å²) in [5.74, 6) is -2.42. The molecule has 0 aliphatic carbocycles. The maximum atomic E-state index is 10.9. The van der Waals surface area contributed by atoms with Crippen molar-refractivity contribution in [2.45, 2.75) is 32.7 Å². The average molecular weight is 189 g/mol. The van der Waals surface area contributed by atoms with Crippen LogP contribution in [-0.2, 0) is 9.59 Å². The zero-order chi connectivity index (χ0) is 10.6. The van der Waals surface area contributed by atoms with E-state index in [1.54, 1.807) is 13.8 Å². The van der Waals surface area contributed by atoms with Crippen molar-refractivity contribution < 1.29 is 19.8 Å². The lowest BCUT2D eigenvalue weighted by atomic mass is 9.76. The number of carboxylic acids is 2. The van der Waals surface area contributed by atoms with Crippen LogP contribution in [0, 0.1) is 5.41 Å². The van der Waals surface area contributed by atoms with E-state index in [1.165, 1.54) is 0 Å². The predicted octanol–water partition coefficient (Wildman–Crippen LogP) is 0.289. The van der Waals surface area contributed by atoms with Gasteiger partial charge in [0.25, 0.3) is 0 Å². The molecule has 0 saturated carbocycles. The maximum Gasteiger partial charge on any atom is 0.321 e. The molecular formula is C8H15NO4. The molecule has 0 saturated heterocycles. The molecule has 0 amide bonds. The van der Waals surface area contributed by atoms with Gasteiger partial charge in [0.15, 0.2) is 0 Å². The molecule has 0 aromatic rings. The first-order chi connectivity index (χ1) is 5.92. The van der Waals surface area contributed by atoms with Gasteiger partial charge in [0.05, 0.1) is 5.41 Å². The van der Waals surface area contributed by atoms with Gasteiger partial charge in [-0.2, -0.15) is 0 Å². The Bertz CT molecular complexity index is 210. The van der Waals surface area contributed by atoms with Crippen molar-refractivity contribution in [2.24, 2.45) is 11.1 Å². The van der Waals surface area contributed by atoms with Crippen LogP contribution in [0.5, 0.6) is 0 Å². The summed E-state index contributed by atoms with van der Waals surface area (Å²) in [7, 11) is 0. The molecule has 13 heavy (non-hydrogen) atoms. The van der Waals surface area contributed by atoms with Gasteiger partial charge in [0.1, 0.15) is 6.04 Å². The third-order valence-corrected chi connectivity index (χ3v) is 2.55. The summed E-state index contributed by atoms with van der Waals surface area (Å²) in [5.41, 5.74) is 4.00. The van der Waals surface area contributed by atoms with Gasteiger partial charge in [0.2, 0.25) is 0 Å². The van der Waals surface area contributed by atoms with Crippen LogP contribution < -0.4 is 5.73 Å². The van der Waals surface area contributed by atoms with E-state index < -0.39 is 23.4 Å². The van der Waals surface area contributed by atoms with Crippen LogP contribution >= 0.6 is 0 Å². The number of rotatable bonds is 5. The van der Waals surface area contributed by atoms with E-state index in [0.717, 1.165) is 0 Å². The fourth-order valence-electron chi connectivity index (χ4n) is 1.36. The Kier molecular flexibility index (Phi) is 3.87. The molecule has 0 fully saturated rings. The van der Waals surface area contributed by atoms with E-state index in [0.29, 0.717) is 0 Å². The molecule has 0 heterocycles. The number of hydrogen-bond donors (Lipinski definition) is 3. The Morgan fingerprint density at radius 3 is 1.77 bits per heavy atom. The predicted molar refractivity (Wildman–Crippen MR) is 46.3 cm³/mol. The Balaban J connectivity index is 4.97. The molecule has 0 aromatic heterocycles. The molecule has 0 rings (SSSR count). The fraction of sp³-hybridized carbons (Fsp3) is 0.750. The standard InChI is InChI=1S/C8H15NO4/c1-3-8(4-2,7(12)13)5(9)6(10)11/h5H,3-4,9H2,1-2H3,(H,10,11)(H,12,13). The highest BCUT2D eigenvalue weighted by Crippen LogP contribution is 2.30. The quantitative estimate of drug-likeness (QED) is 0.577. The van der Waals surface area contributed by atoms with E-state index >= 15 is 0 Å². The van der Waals surface area contributed by atoms with E-state index in [2.05, 4.69) is 0 Å². The molecule has 0 aliphatic heterocycles. The molecule has 76 valence electrons. The molecule has 5 nitrogen and oxygen atoms in total. The molecule has 0 radical (unpaired) electrons. The van der Waals surface area contributed by atoms with E-state index in [-0.39, 0.29) is 12.8 Å². The second-order valence-electron chi connectivity index (χ2n) is 2.98. The van der Waals surface area contributed by atoms with E-state index in [4.69, 9.17) is 15.9 Å². The molecule has 1 unspecified atom stereocenters. The normalized spacial score (nSPS) is 13.8. The summed E-state index contributed by atoms with van der Waals surface area (Å²) in [6, 6.07) is -1.35. The summed E-state index contributed by atoms with van der Waals surface area (Å²) >= 11 is 0. The second kappa shape index (κ2) is 4.23. The van der Waals surface area contributed by atoms with Gasteiger partial charge in [0, 0.05) is 0 Å². The van der Waals surface area contributed by atoms with Crippen molar-refractivity contribution >= 4 is 11.9 Å². The Hall–Kier alpha value is -1.10. The van der Waals surface area contributed by atoms with Gasteiger partial charge < -0.3 is 15.9 Å². The summed E-state index contributed by atoms with van der Waals surface area (Å²) in [5, 5.41) is 17.5. The number of hydrogen-bond acceptors (Lipinski definition) is 3. The minimum atomic E-state index is -1.35. The van der Waals surface area contributed by atoms with Gasteiger partial charge in [-0.15, -0.1) is 0 Å². The van der Waals surface area contributed by atoms with Crippen molar-refractivity contribution in [2.75, 3.05) is 0 Å². The summed E-state index contributed by atoms with van der Waals surface area (Å²) < 4.78 is 0. The monoisotopic (exact) mass is 189 g/mol. The van der Waals surface area contributed by atoms with Crippen LogP contribution in [0.2, 0.25) is 0 Å². The Morgan fingerprint density at radius 2 is 1.69 bits per heavy atom. The van der Waals surface area contributed by atoms with Crippen molar-refractivity contribution in [1.82, 2.24) is 0 Å². The van der Waals surface area contributed by atoms with Crippen LogP contribution in [-0.4, -0.2) is 28.2 Å². The summed E-state index contributed by atoms with van der Waals surface area (Å²) in [4.78, 5) is 21.5. The number of carbonyl (C=O) groups is 2. The zero-order valence-electron chi connectivity index (χ0n) is 7.78. The highest BCUT2D eigenvalue weighted by atomic mass is 16.4. The summed E-state index contributed by atoms with van der Waals surface area (Å²) in [6.45, 7) is 3.25. The Morgan fingerprint density at radius 1 is 1.31 bits per heavy atom. The lowest BCUT2D eigenvalue weighted by molar-refractivity contribution is -0.158. The lowest BCUT2D eigenvalue weighted by Gasteiger charge is -2.30. The largest absolute Gasteiger partial charge is 0.481 e. The minimum Gasteiger partial charge on any atom is -0.481 e. The Labute approximate surface area is 76.5 Å². The van der Waals surface area contributed by atoms with Crippen LogP contribution in [0.25, 0.3) is 0 Å². The maximum absolute atomic E-state index is 10.9. The highest BCUT2D eigenvalue weighted by molar-refractivity contribution is 5.85.